The first-order chi connectivity index (χ1) is 4.99. The molecule has 11 heavy (non-hydrogen) atoms. The molecule has 1 fully saturated rings. The van der Waals surface area contributed by atoms with Gasteiger partial charge >= 0.3 is 0 Å². The molecule has 0 aliphatic heterocycles. The van der Waals surface area contributed by atoms with Gasteiger partial charge in [0.05, 0.1) is 0 Å². The van der Waals surface area contributed by atoms with E-state index < -0.39 is 9.52 Å². The molecule has 64 valence electrons. The molecule has 0 atom stereocenters. The van der Waals surface area contributed by atoms with Gasteiger partial charge in [-0.1, -0.05) is 6.42 Å². The summed E-state index contributed by atoms with van der Waals surface area (Å²) >= 11 is 0. The van der Waals surface area contributed by atoms with Gasteiger partial charge in [0.1, 0.15) is 0 Å². The molecule has 0 unspecified atom stereocenters. The van der Waals surface area contributed by atoms with Crippen molar-refractivity contribution in [3.8, 4) is 0 Å². The topological polar surface area (TPSA) is 34.1 Å². The summed E-state index contributed by atoms with van der Waals surface area (Å²) in [6, 6.07) is 0. The quantitative estimate of drug-likeness (QED) is 0.578. The van der Waals surface area contributed by atoms with Crippen molar-refractivity contribution in [2.45, 2.75) is 19.3 Å². The van der Waals surface area contributed by atoms with Crippen molar-refractivity contribution in [1.29, 1.82) is 0 Å². The van der Waals surface area contributed by atoms with Crippen molar-refractivity contribution in [3.05, 3.63) is 0 Å². The van der Waals surface area contributed by atoms with E-state index in [2.05, 4.69) is 0 Å². The SMILES string of the molecule is CS(C)(=O)=CC(=O)C1CCC1. The average Bonchev–Trinajstić information content (AvgIpc) is 1.50. The molecule has 0 radical (unpaired) electrons. The number of hydrogen-bond acceptors (Lipinski definition) is 2. The zero-order valence-electron chi connectivity index (χ0n) is 7.00. The number of hydrogen-bond donors (Lipinski definition) is 0. The third kappa shape index (κ3) is 2.66. The van der Waals surface area contributed by atoms with Crippen molar-refractivity contribution in [1.82, 2.24) is 0 Å². The van der Waals surface area contributed by atoms with Crippen molar-refractivity contribution < 1.29 is 9.00 Å². The van der Waals surface area contributed by atoms with Crippen LogP contribution in [0.2, 0.25) is 0 Å². The smallest absolute Gasteiger partial charge is 0.166 e. The zero-order valence-corrected chi connectivity index (χ0v) is 7.82. The summed E-state index contributed by atoms with van der Waals surface area (Å²) < 4.78 is 11.2. The fourth-order valence-corrected chi connectivity index (χ4v) is 1.82. The highest BCUT2D eigenvalue weighted by Gasteiger charge is 2.23. The van der Waals surface area contributed by atoms with Crippen molar-refractivity contribution >= 4 is 20.7 Å². The molecule has 0 saturated heterocycles. The van der Waals surface area contributed by atoms with Crippen LogP contribution in [0.3, 0.4) is 0 Å². The van der Waals surface area contributed by atoms with E-state index >= 15 is 0 Å². The summed E-state index contributed by atoms with van der Waals surface area (Å²) in [5, 5.41) is 1.40. The van der Waals surface area contributed by atoms with Crippen LogP contribution in [0, 0.1) is 5.92 Å². The van der Waals surface area contributed by atoms with Crippen LogP contribution in [0.25, 0.3) is 0 Å². The Labute approximate surface area is 68.0 Å². The van der Waals surface area contributed by atoms with Gasteiger partial charge in [-0.2, -0.15) is 0 Å². The lowest BCUT2D eigenvalue weighted by Gasteiger charge is -2.22. The zero-order chi connectivity index (χ0) is 8.48. The van der Waals surface area contributed by atoms with E-state index in [-0.39, 0.29) is 11.7 Å². The summed E-state index contributed by atoms with van der Waals surface area (Å²) in [6.07, 6.45) is 6.34. The maximum atomic E-state index is 11.2. The van der Waals surface area contributed by atoms with Crippen molar-refractivity contribution in [2.24, 2.45) is 5.92 Å². The van der Waals surface area contributed by atoms with Gasteiger partial charge in [-0.3, -0.25) is 9.00 Å². The van der Waals surface area contributed by atoms with Crippen LogP contribution >= 0.6 is 0 Å². The molecule has 0 bridgehead atoms. The predicted octanol–water partition coefficient (Wildman–Crippen LogP) is 0.702. The molecule has 1 aliphatic rings. The molecular formula is C8H14O2S. The fraction of sp³-hybridized carbons (Fsp3) is 0.750. The molecule has 1 saturated carbocycles. The second kappa shape index (κ2) is 2.97. The van der Waals surface area contributed by atoms with Crippen molar-refractivity contribution in [3.63, 3.8) is 0 Å². The summed E-state index contributed by atoms with van der Waals surface area (Å²) in [7, 11) is -1.97. The highest BCUT2D eigenvalue weighted by Crippen LogP contribution is 2.26. The second-order valence-corrected chi connectivity index (χ2v) is 6.31. The lowest BCUT2D eigenvalue weighted by molar-refractivity contribution is -0.118. The Bertz CT molecular complexity index is 260. The maximum Gasteiger partial charge on any atom is 0.166 e. The number of carbonyl (C=O) groups is 1. The van der Waals surface area contributed by atoms with E-state index in [1.807, 2.05) is 0 Å². The molecule has 1 aliphatic carbocycles. The Kier molecular flexibility index (Phi) is 2.37. The van der Waals surface area contributed by atoms with Gasteiger partial charge in [0.2, 0.25) is 0 Å². The van der Waals surface area contributed by atoms with E-state index in [1.165, 1.54) is 5.37 Å². The number of ketones is 1. The molecule has 0 N–H and O–H groups in total. The van der Waals surface area contributed by atoms with Crippen LogP contribution in [0.1, 0.15) is 19.3 Å². The molecule has 1 rings (SSSR count). The molecular weight excluding hydrogens is 160 g/mol. The van der Waals surface area contributed by atoms with Crippen LogP contribution < -0.4 is 0 Å². The van der Waals surface area contributed by atoms with Crippen LogP contribution in [0.15, 0.2) is 0 Å². The first kappa shape index (κ1) is 8.78. The molecule has 0 heterocycles. The van der Waals surface area contributed by atoms with E-state index in [0.29, 0.717) is 0 Å². The molecule has 0 spiro atoms. The predicted molar refractivity (Wildman–Crippen MR) is 48.4 cm³/mol. The highest BCUT2D eigenvalue weighted by molar-refractivity contribution is 8.01. The van der Waals surface area contributed by atoms with Gasteiger partial charge < -0.3 is 0 Å². The van der Waals surface area contributed by atoms with Crippen molar-refractivity contribution in [2.75, 3.05) is 12.5 Å². The van der Waals surface area contributed by atoms with E-state index in [9.17, 15) is 9.00 Å². The van der Waals surface area contributed by atoms with E-state index in [1.54, 1.807) is 12.5 Å². The first-order valence-corrected chi connectivity index (χ1v) is 6.25. The van der Waals surface area contributed by atoms with Crippen LogP contribution in [0.4, 0.5) is 0 Å². The summed E-state index contributed by atoms with van der Waals surface area (Å²) in [5.74, 6) is 0.280. The Balaban J connectivity index is 2.63. The Morgan fingerprint density at radius 1 is 1.45 bits per heavy atom. The lowest BCUT2D eigenvalue weighted by Crippen LogP contribution is -2.24. The average molecular weight is 174 g/mol. The summed E-state index contributed by atoms with van der Waals surface area (Å²) in [6.45, 7) is 0. The monoisotopic (exact) mass is 174 g/mol. The lowest BCUT2D eigenvalue weighted by atomic mass is 9.83. The van der Waals surface area contributed by atoms with Gasteiger partial charge in [0, 0.05) is 23.8 Å². The van der Waals surface area contributed by atoms with Crippen LogP contribution in [-0.2, 0) is 14.3 Å². The van der Waals surface area contributed by atoms with E-state index in [0.717, 1.165) is 19.3 Å². The Hall–Kier alpha value is -0.310. The standard InChI is InChI=1S/C8H14O2S/c1-11(2,10)6-8(9)7-4-3-5-7/h6-7H,3-5H2,1-2H3. The van der Waals surface area contributed by atoms with E-state index in [4.69, 9.17) is 0 Å². The number of carbonyl (C=O) groups excluding carboxylic acids is 1. The summed E-state index contributed by atoms with van der Waals surface area (Å²) in [5.41, 5.74) is 0. The van der Waals surface area contributed by atoms with Gasteiger partial charge in [0.15, 0.2) is 5.78 Å². The Morgan fingerprint density at radius 3 is 2.27 bits per heavy atom. The molecule has 0 aromatic rings. The molecule has 0 aromatic carbocycles. The molecule has 3 heteroatoms. The number of Topliss-reactive ketones (excluding diaryl/α,β-unsaturated/α-hetero) is 1. The van der Waals surface area contributed by atoms with Gasteiger partial charge in [0.25, 0.3) is 0 Å². The minimum Gasteiger partial charge on any atom is -0.294 e. The fourth-order valence-electron chi connectivity index (χ4n) is 1.07. The van der Waals surface area contributed by atoms with Gasteiger partial charge in [-0.05, 0) is 22.4 Å². The molecule has 2 nitrogen and oxygen atoms in total. The van der Waals surface area contributed by atoms with Gasteiger partial charge in [-0.15, -0.1) is 0 Å². The normalized spacial score (nSPS) is 19.1. The maximum absolute atomic E-state index is 11.2. The minimum absolute atomic E-state index is 0.0891. The van der Waals surface area contributed by atoms with Crippen LogP contribution in [-0.4, -0.2) is 27.9 Å². The summed E-state index contributed by atoms with van der Waals surface area (Å²) in [4.78, 5) is 11.2. The largest absolute Gasteiger partial charge is 0.294 e. The Morgan fingerprint density at radius 2 is 2.00 bits per heavy atom. The highest BCUT2D eigenvalue weighted by atomic mass is 32.2. The van der Waals surface area contributed by atoms with Crippen LogP contribution in [0.5, 0.6) is 0 Å². The second-order valence-electron chi connectivity index (χ2n) is 3.46. The first-order valence-electron chi connectivity index (χ1n) is 3.82. The van der Waals surface area contributed by atoms with Gasteiger partial charge in [-0.25, -0.2) is 0 Å². The number of rotatable bonds is 2. The molecule has 0 aromatic heterocycles. The third-order valence-electron chi connectivity index (χ3n) is 1.91. The molecule has 0 amide bonds. The third-order valence-corrected chi connectivity index (χ3v) is 2.71. The minimum atomic E-state index is -1.97.